The summed E-state index contributed by atoms with van der Waals surface area (Å²) in [4.78, 5) is 70.8. The molecule has 348 valence electrons. The van der Waals surface area contributed by atoms with Crippen LogP contribution in [0.1, 0.15) is 84.4 Å². The highest BCUT2D eigenvalue weighted by atomic mass is 19.4. The van der Waals surface area contributed by atoms with Crippen LogP contribution in [-0.4, -0.2) is 74.0 Å². The fourth-order valence-corrected chi connectivity index (χ4v) is 5.54. The molecule has 0 aliphatic heterocycles. The van der Waals surface area contributed by atoms with Crippen molar-refractivity contribution in [1.29, 1.82) is 0 Å². The van der Waals surface area contributed by atoms with E-state index in [2.05, 4.69) is 9.47 Å². The Morgan fingerprint density at radius 3 is 0.862 bits per heavy atom. The van der Waals surface area contributed by atoms with Crippen molar-refractivity contribution in [3.63, 3.8) is 0 Å². The minimum absolute atomic E-state index is 0.0110. The van der Waals surface area contributed by atoms with Crippen LogP contribution in [0.2, 0.25) is 0 Å². The molecule has 28 heteroatoms. The van der Waals surface area contributed by atoms with Gasteiger partial charge in [0.15, 0.2) is 0 Å². The topological polar surface area (TPSA) is 202 Å². The van der Waals surface area contributed by atoms with Gasteiger partial charge in [-0.15, -0.1) is 0 Å². The van der Waals surface area contributed by atoms with Crippen molar-refractivity contribution in [2.24, 2.45) is 0 Å². The van der Waals surface area contributed by atoms with E-state index in [1.165, 1.54) is 0 Å². The molecule has 4 rings (SSSR count). The zero-order valence-corrected chi connectivity index (χ0v) is 30.5. The van der Waals surface area contributed by atoms with Gasteiger partial charge in [-0.05, 0) is 72.8 Å². The van der Waals surface area contributed by atoms with Crippen LogP contribution in [0.3, 0.4) is 0 Å². The summed E-state index contributed by atoms with van der Waals surface area (Å²) in [6, 6.07) is -1.86. The Morgan fingerprint density at radius 1 is 0.369 bits per heavy atom. The van der Waals surface area contributed by atoms with Crippen LogP contribution in [0.15, 0.2) is 72.8 Å². The van der Waals surface area contributed by atoms with Gasteiger partial charge in [0.25, 0.3) is 0 Å². The van der Waals surface area contributed by atoms with Crippen LogP contribution < -0.4 is 9.47 Å². The first kappa shape index (κ1) is 50.2. The second-order valence-electron chi connectivity index (χ2n) is 12.8. The molecule has 0 bridgehead atoms. The molecule has 0 saturated heterocycles. The Morgan fingerprint density at radius 2 is 0.631 bits per heavy atom. The number of alkyl halides is 16. The van der Waals surface area contributed by atoms with Crippen molar-refractivity contribution in [3.05, 3.63) is 128 Å². The van der Waals surface area contributed by atoms with E-state index >= 15 is 17.6 Å². The van der Waals surface area contributed by atoms with Crippen molar-refractivity contribution >= 4 is 35.8 Å². The summed E-state index contributed by atoms with van der Waals surface area (Å²) in [5, 5.41) is 36.6. The minimum Gasteiger partial charge on any atom is -0.478 e. The standard InChI is InChI=1S/C37H16F16O12/c38-31(39,15-1-5-17(6-2-15)64-29(62)21-11-13(25(54)55)9-19(27(58)59)23(21)33(42,43)44)35(48,49)37(52,53)36(50,51)32(40,41)16-3-7-18(8-4-16)65-30(63)22-12-14(26(56)57)10-20(28(60)61)24(22)34(45,46)47/h1-12H,(H,54,55)(H,56,57)(H,58,59)(H,60,61). The molecule has 0 spiro atoms. The number of hydrogen-bond acceptors (Lipinski definition) is 8. The molecule has 0 amide bonds. The van der Waals surface area contributed by atoms with E-state index in [1.807, 2.05) is 0 Å². The van der Waals surface area contributed by atoms with Crippen molar-refractivity contribution < 1.29 is 129 Å². The zero-order valence-electron chi connectivity index (χ0n) is 30.5. The highest BCUT2D eigenvalue weighted by molar-refractivity contribution is 6.03. The second-order valence-corrected chi connectivity index (χ2v) is 12.8. The van der Waals surface area contributed by atoms with Crippen LogP contribution in [0.25, 0.3) is 0 Å². The van der Waals surface area contributed by atoms with E-state index in [0.29, 0.717) is 0 Å². The molecule has 0 heterocycles. The van der Waals surface area contributed by atoms with E-state index < -0.39 is 145 Å². The molecular formula is C37H16F16O12. The third-order valence-corrected chi connectivity index (χ3v) is 8.67. The molecule has 65 heavy (non-hydrogen) atoms. The molecule has 0 unspecified atom stereocenters. The third kappa shape index (κ3) is 9.04. The van der Waals surface area contributed by atoms with Crippen LogP contribution in [0.5, 0.6) is 11.5 Å². The predicted molar refractivity (Wildman–Crippen MR) is 176 cm³/mol. The van der Waals surface area contributed by atoms with Crippen molar-refractivity contribution in [2.45, 2.75) is 42.0 Å². The zero-order chi connectivity index (χ0) is 49.8. The first-order valence-corrected chi connectivity index (χ1v) is 16.4. The lowest BCUT2D eigenvalue weighted by Crippen LogP contribution is -2.65. The number of carbonyl (C=O) groups excluding carboxylic acids is 2. The molecule has 12 nitrogen and oxygen atoms in total. The van der Waals surface area contributed by atoms with Gasteiger partial charge >= 0.3 is 77.8 Å². The summed E-state index contributed by atoms with van der Waals surface area (Å²) in [5.41, 5.74) is -19.2. The maximum absolute atomic E-state index is 15.1. The van der Waals surface area contributed by atoms with Gasteiger partial charge in [0.1, 0.15) is 11.5 Å². The number of rotatable bonds is 14. The van der Waals surface area contributed by atoms with E-state index in [1.54, 1.807) is 0 Å². The molecule has 0 aromatic heterocycles. The number of benzene rings is 4. The van der Waals surface area contributed by atoms with E-state index in [4.69, 9.17) is 20.4 Å². The molecule has 0 radical (unpaired) electrons. The third-order valence-electron chi connectivity index (χ3n) is 8.67. The van der Waals surface area contributed by atoms with Crippen molar-refractivity contribution in [2.75, 3.05) is 0 Å². The molecule has 4 aromatic carbocycles. The SMILES string of the molecule is O=C(O)c1cc(C(=O)O)c(C(F)(F)F)c(C(=O)Oc2ccc(C(F)(F)C(F)(F)C(F)(F)C(F)(F)C(F)(F)c3ccc(OC(=O)c4cc(C(=O)O)cc(C(=O)O)c4C(F)(F)F)cc3)cc2)c1. The molecule has 4 N–H and O–H groups in total. The second kappa shape index (κ2) is 16.6. The number of carbonyl (C=O) groups is 6. The summed E-state index contributed by atoms with van der Waals surface area (Å²) in [7, 11) is 0. The lowest BCUT2D eigenvalue weighted by Gasteiger charge is -2.39. The average Bonchev–Trinajstić information content (AvgIpc) is 3.18. The normalized spacial score (nSPS) is 12.9. The van der Waals surface area contributed by atoms with Gasteiger partial charge in [0.05, 0.1) is 44.5 Å². The summed E-state index contributed by atoms with van der Waals surface area (Å²) in [6.07, 6.45) is -11.5. The number of halogens is 16. The summed E-state index contributed by atoms with van der Waals surface area (Å²) in [6.45, 7) is 0. The van der Waals surface area contributed by atoms with Gasteiger partial charge in [-0.1, -0.05) is 0 Å². The molecule has 0 aliphatic carbocycles. The van der Waals surface area contributed by atoms with Gasteiger partial charge in [0, 0.05) is 11.1 Å². The first-order valence-electron chi connectivity index (χ1n) is 16.4. The fraction of sp³-hybridized carbons (Fsp3) is 0.189. The highest BCUT2D eigenvalue weighted by Crippen LogP contribution is 2.61. The predicted octanol–water partition coefficient (Wildman–Crippen LogP) is 9.75. The molecule has 0 fully saturated rings. The Labute approximate surface area is 346 Å². The quantitative estimate of drug-likeness (QED) is 0.0530. The average molecular weight is 956 g/mol. The molecule has 0 atom stereocenters. The van der Waals surface area contributed by atoms with E-state index in [-0.39, 0.29) is 72.8 Å². The Hall–Kier alpha value is -7.42. The summed E-state index contributed by atoms with van der Waals surface area (Å²) >= 11 is 0. The number of ether oxygens (including phenoxy) is 2. The number of esters is 2. The van der Waals surface area contributed by atoms with Gasteiger partial charge in [-0.25, -0.2) is 28.8 Å². The largest absolute Gasteiger partial charge is 0.478 e. The van der Waals surface area contributed by atoms with Gasteiger partial charge in [0.2, 0.25) is 0 Å². The van der Waals surface area contributed by atoms with Crippen molar-refractivity contribution in [1.82, 2.24) is 0 Å². The van der Waals surface area contributed by atoms with Crippen LogP contribution in [-0.2, 0) is 24.2 Å². The molecule has 4 aromatic rings. The lowest BCUT2D eigenvalue weighted by atomic mass is 9.88. The van der Waals surface area contributed by atoms with Crippen LogP contribution in [0.4, 0.5) is 70.2 Å². The number of carboxylic acid groups (broad SMARTS) is 4. The highest BCUT2D eigenvalue weighted by Gasteiger charge is 2.86. The Balaban J connectivity index is 1.64. The molecule has 0 aliphatic rings. The van der Waals surface area contributed by atoms with Crippen LogP contribution in [0, 0.1) is 0 Å². The number of aromatic carboxylic acids is 4. The van der Waals surface area contributed by atoms with Crippen molar-refractivity contribution in [3.8, 4) is 11.5 Å². The summed E-state index contributed by atoms with van der Waals surface area (Å²) in [5.74, 6) is -52.2. The maximum Gasteiger partial charge on any atom is 0.418 e. The minimum atomic E-state index is -7.79. The Kier molecular flexibility index (Phi) is 12.8. The smallest absolute Gasteiger partial charge is 0.418 e. The molecular weight excluding hydrogens is 940 g/mol. The Bertz CT molecular complexity index is 2420. The van der Waals surface area contributed by atoms with E-state index in [9.17, 15) is 81.5 Å². The number of carboxylic acids is 4. The van der Waals surface area contributed by atoms with Gasteiger partial charge in [-0.3, -0.25) is 0 Å². The maximum atomic E-state index is 15.1. The molecule has 0 saturated carbocycles. The lowest BCUT2D eigenvalue weighted by molar-refractivity contribution is -0.407. The fourth-order valence-electron chi connectivity index (χ4n) is 5.54. The van der Waals surface area contributed by atoms with Gasteiger partial charge in [-0.2, -0.15) is 70.2 Å². The first-order chi connectivity index (χ1) is 29.4. The van der Waals surface area contributed by atoms with Gasteiger partial charge < -0.3 is 29.9 Å². The van der Waals surface area contributed by atoms with E-state index in [0.717, 1.165) is 0 Å². The van der Waals surface area contributed by atoms with Crippen LogP contribution >= 0.6 is 0 Å². The summed E-state index contributed by atoms with van der Waals surface area (Å²) < 4.78 is 241. The monoisotopic (exact) mass is 956 g/mol. The number of hydrogen-bond donors (Lipinski definition) is 4.